The molecule has 1 aromatic heterocycles. The fourth-order valence-electron chi connectivity index (χ4n) is 4.11. The van der Waals surface area contributed by atoms with E-state index in [1.54, 1.807) is 31.4 Å². The first-order valence-electron chi connectivity index (χ1n) is 12.2. The Morgan fingerprint density at radius 2 is 1.77 bits per heavy atom. The highest BCUT2D eigenvalue weighted by Gasteiger charge is 2.38. The van der Waals surface area contributed by atoms with Gasteiger partial charge in [0, 0.05) is 5.56 Å². The van der Waals surface area contributed by atoms with Crippen LogP contribution in [0.4, 0.5) is 10.8 Å². The number of carbonyl (C=O) groups excluding carboxylic acids is 1. The standard InChI is InChI=1S/C28H28N4O5S2/c1-28(2,3)19-12-15-23-22(16-19)32(39(34,35)21-8-6-5-7-9-21)17-24(37-23)25(33)29-27-31-30-26(38-27)18-10-13-20(36-4)14-11-18/h5-16,24H,17H2,1-4H3,(H,29,31,33). The van der Waals surface area contributed by atoms with E-state index in [1.165, 1.54) is 27.8 Å². The lowest BCUT2D eigenvalue weighted by atomic mass is 9.86. The van der Waals surface area contributed by atoms with E-state index in [4.69, 9.17) is 9.47 Å². The molecule has 1 aliphatic rings. The zero-order valence-corrected chi connectivity index (χ0v) is 23.5. The zero-order chi connectivity index (χ0) is 27.8. The van der Waals surface area contributed by atoms with E-state index in [2.05, 4.69) is 15.5 Å². The molecule has 11 heteroatoms. The number of sulfonamides is 1. The number of ether oxygens (including phenoxy) is 2. The van der Waals surface area contributed by atoms with E-state index in [1.807, 2.05) is 57.2 Å². The Morgan fingerprint density at radius 3 is 2.44 bits per heavy atom. The van der Waals surface area contributed by atoms with E-state index < -0.39 is 22.0 Å². The van der Waals surface area contributed by atoms with Crippen molar-refractivity contribution in [1.82, 2.24) is 10.2 Å². The van der Waals surface area contributed by atoms with Gasteiger partial charge in [-0.1, -0.05) is 56.4 Å². The van der Waals surface area contributed by atoms with E-state index in [0.29, 0.717) is 16.4 Å². The third-order valence-corrected chi connectivity index (χ3v) is 8.99. The molecule has 1 amide bonds. The average Bonchev–Trinajstić information content (AvgIpc) is 3.40. The van der Waals surface area contributed by atoms with Crippen molar-refractivity contribution in [2.75, 3.05) is 23.3 Å². The van der Waals surface area contributed by atoms with Gasteiger partial charge in [0.2, 0.25) is 5.13 Å². The summed E-state index contributed by atoms with van der Waals surface area (Å²) in [6, 6.07) is 20.9. The SMILES string of the molecule is COc1ccc(-c2nnc(NC(=O)C3CN(S(=O)(=O)c4ccccc4)c4cc(C(C)(C)C)ccc4O3)s2)cc1. The van der Waals surface area contributed by atoms with Crippen molar-refractivity contribution in [3.8, 4) is 22.1 Å². The Bertz CT molecular complexity index is 1600. The lowest BCUT2D eigenvalue weighted by Crippen LogP contribution is -2.49. The molecule has 0 radical (unpaired) electrons. The largest absolute Gasteiger partial charge is 0.497 e. The first-order chi connectivity index (χ1) is 18.6. The summed E-state index contributed by atoms with van der Waals surface area (Å²) in [4.78, 5) is 13.4. The molecule has 3 aromatic carbocycles. The number of hydrogen-bond acceptors (Lipinski definition) is 8. The molecule has 1 unspecified atom stereocenters. The van der Waals surface area contributed by atoms with Crippen molar-refractivity contribution >= 4 is 38.1 Å². The summed E-state index contributed by atoms with van der Waals surface area (Å²) < 4.78 is 40.0. The number of amides is 1. The van der Waals surface area contributed by atoms with Crippen molar-refractivity contribution < 1.29 is 22.7 Å². The number of methoxy groups -OCH3 is 1. The molecular formula is C28H28N4O5S2. The Hall–Kier alpha value is -3.96. The van der Waals surface area contributed by atoms with E-state index in [0.717, 1.165) is 16.9 Å². The van der Waals surface area contributed by atoms with Crippen LogP contribution in [0.1, 0.15) is 26.3 Å². The maximum atomic E-state index is 13.8. The van der Waals surface area contributed by atoms with Crippen LogP contribution in [0.15, 0.2) is 77.7 Å². The molecule has 0 fully saturated rings. The summed E-state index contributed by atoms with van der Waals surface area (Å²) in [7, 11) is -2.38. The first-order valence-corrected chi connectivity index (χ1v) is 14.5. The fourth-order valence-corrected chi connectivity index (χ4v) is 6.35. The van der Waals surface area contributed by atoms with Gasteiger partial charge in [0.05, 0.1) is 24.2 Å². The summed E-state index contributed by atoms with van der Waals surface area (Å²) in [6.45, 7) is 5.95. The topological polar surface area (TPSA) is 111 Å². The Labute approximate surface area is 231 Å². The van der Waals surface area contributed by atoms with Crippen LogP contribution in [0, 0.1) is 0 Å². The number of rotatable bonds is 6. The molecule has 1 N–H and O–H groups in total. The molecule has 9 nitrogen and oxygen atoms in total. The van der Waals surface area contributed by atoms with Crippen LogP contribution >= 0.6 is 11.3 Å². The molecule has 39 heavy (non-hydrogen) atoms. The van der Waals surface area contributed by atoms with Crippen LogP contribution < -0.4 is 19.1 Å². The molecule has 0 bridgehead atoms. The molecule has 0 saturated carbocycles. The van der Waals surface area contributed by atoms with Gasteiger partial charge in [-0.05, 0) is 59.5 Å². The normalized spacial score (nSPS) is 15.3. The summed E-state index contributed by atoms with van der Waals surface area (Å²) in [5.41, 5.74) is 1.95. The molecule has 2 heterocycles. The van der Waals surface area contributed by atoms with Gasteiger partial charge in [0.15, 0.2) is 6.10 Å². The van der Waals surface area contributed by atoms with Gasteiger partial charge in [-0.25, -0.2) is 8.42 Å². The quantitative estimate of drug-likeness (QED) is 0.347. The molecule has 0 saturated heterocycles. The van der Waals surface area contributed by atoms with Crippen LogP contribution in [-0.2, 0) is 20.2 Å². The maximum Gasteiger partial charge on any atom is 0.269 e. The predicted molar refractivity (Wildman–Crippen MR) is 151 cm³/mol. The van der Waals surface area contributed by atoms with Crippen LogP contribution in [0.2, 0.25) is 0 Å². The smallest absolute Gasteiger partial charge is 0.269 e. The average molecular weight is 565 g/mol. The van der Waals surface area contributed by atoms with Crippen molar-refractivity contribution in [2.24, 2.45) is 0 Å². The Kier molecular flexibility index (Phi) is 7.04. The van der Waals surface area contributed by atoms with Gasteiger partial charge < -0.3 is 9.47 Å². The zero-order valence-electron chi connectivity index (χ0n) is 21.9. The minimum atomic E-state index is -3.98. The first kappa shape index (κ1) is 26.6. The summed E-state index contributed by atoms with van der Waals surface area (Å²) in [5, 5.41) is 11.9. The molecule has 1 atom stereocenters. The molecule has 202 valence electrons. The van der Waals surface area contributed by atoms with E-state index in [-0.39, 0.29) is 22.0 Å². The third kappa shape index (κ3) is 5.45. The second kappa shape index (κ2) is 10.3. The number of hydrogen-bond donors (Lipinski definition) is 1. The van der Waals surface area contributed by atoms with Gasteiger partial charge in [-0.15, -0.1) is 10.2 Å². The molecule has 1 aliphatic heterocycles. The molecule has 4 aromatic rings. The number of carbonyl (C=O) groups is 1. The fraction of sp³-hybridized carbons (Fsp3) is 0.250. The number of aromatic nitrogens is 2. The second-order valence-electron chi connectivity index (χ2n) is 10.0. The third-order valence-electron chi connectivity index (χ3n) is 6.31. The van der Waals surface area contributed by atoms with Gasteiger partial charge in [0.25, 0.3) is 15.9 Å². The Balaban J connectivity index is 1.43. The highest BCUT2D eigenvalue weighted by molar-refractivity contribution is 7.92. The van der Waals surface area contributed by atoms with Gasteiger partial charge in [-0.2, -0.15) is 0 Å². The predicted octanol–water partition coefficient (Wildman–Crippen LogP) is 5.11. The summed E-state index contributed by atoms with van der Waals surface area (Å²) in [5.74, 6) is 0.507. The number of nitrogens with one attached hydrogen (secondary N) is 1. The monoisotopic (exact) mass is 564 g/mol. The highest BCUT2D eigenvalue weighted by Crippen LogP contribution is 2.40. The summed E-state index contributed by atoms with van der Waals surface area (Å²) >= 11 is 1.20. The summed E-state index contributed by atoms with van der Waals surface area (Å²) in [6.07, 6.45) is -1.11. The van der Waals surface area contributed by atoms with Crippen LogP contribution in [0.5, 0.6) is 11.5 Å². The molecule has 0 aliphatic carbocycles. The van der Waals surface area contributed by atoms with Crippen molar-refractivity contribution in [1.29, 1.82) is 0 Å². The van der Waals surface area contributed by atoms with Crippen LogP contribution in [0.25, 0.3) is 10.6 Å². The number of anilines is 2. The molecular weight excluding hydrogens is 536 g/mol. The van der Waals surface area contributed by atoms with Gasteiger partial charge in [0.1, 0.15) is 16.5 Å². The van der Waals surface area contributed by atoms with Crippen LogP contribution in [-0.4, -0.2) is 44.3 Å². The number of nitrogens with zero attached hydrogens (tertiary/aromatic N) is 3. The van der Waals surface area contributed by atoms with E-state index in [9.17, 15) is 13.2 Å². The van der Waals surface area contributed by atoms with Crippen molar-refractivity contribution in [3.05, 3.63) is 78.4 Å². The second-order valence-corrected chi connectivity index (χ2v) is 12.9. The van der Waals surface area contributed by atoms with E-state index >= 15 is 0 Å². The van der Waals surface area contributed by atoms with Crippen molar-refractivity contribution in [3.63, 3.8) is 0 Å². The lowest BCUT2D eigenvalue weighted by molar-refractivity contribution is -0.122. The van der Waals surface area contributed by atoms with Gasteiger partial charge >= 0.3 is 0 Å². The van der Waals surface area contributed by atoms with Crippen LogP contribution in [0.3, 0.4) is 0 Å². The van der Waals surface area contributed by atoms with Gasteiger partial charge in [-0.3, -0.25) is 14.4 Å². The Morgan fingerprint density at radius 1 is 1.05 bits per heavy atom. The minimum absolute atomic E-state index is 0.131. The maximum absolute atomic E-state index is 13.8. The highest BCUT2D eigenvalue weighted by atomic mass is 32.2. The lowest BCUT2D eigenvalue weighted by Gasteiger charge is -2.35. The number of fused-ring (bicyclic) bond motifs is 1. The van der Waals surface area contributed by atoms with Crippen molar-refractivity contribution in [2.45, 2.75) is 37.2 Å². The molecule has 5 rings (SSSR count). The minimum Gasteiger partial charge on any atom is -0.497 e. The molecule has 0 spiro atoms. The number of benzene rings is 3.